The molecule has 1 aromatic carbocycles. The first kappa shape index (κ1) is 19.7. The van der Waals surface area contributed by atoms with Gasteiger partial charge >= 0.3 is 0 Å². The lowest BCUT2D eigenvalue weighted by Crippen LogP contribution is -2.36. The van der Waals surface area contributed by atoms with E-state index in [0.717, 1.165) is 28.8 Å². The number of hydrogen-bond donors (Lipinski definition) is 3. The highest BCUT2D eigenvalue weighted by Gasteiger charge is 2.04. The average Bonchev–Trinajstić information content (AvgIpc) is 2.82. The van der Waals surface area contributed by atoms with Crippen molar-refractivity contribution in [2.24, 2.45) is 4.99 Å². The van der Waals surface area contributed by atoms with E-state index in [4.69, 9.17) is 0 Å². The maximum absolute atomic E-state index is 9.29. The number of guanidine groups is 1. The standard InChI is InChI=1S/C16H22N4OS.HI/c1-4-17-16(18-9-13-5-7-14(21)8-6-13)19-10-15-20-11(2)12(3)22-15;/h5-8,21H,4,9-10H2,1-3H3,(H2,17,18,19);1H. The molecule has 0 saturated heterocycles. The lowest BCUT2D eigenvalue weighted by atomic mass is 10.2. The Labute approximate surface area is 158 Å². The molecule has 0 aliphatic rings. The van der Waals surface area contributed by atoms with E-state index in [1.54, 1.807) is 23.5 Å². The van der Waals surface area contributed by atoms with Crippen LogP contribution in [-0.2, 0) is 13.1 Å². The second kappa shape index (κ2) is 9.71. The van der Waals surface area contributed by atoms with E-state index >= 15 is 0 Å². The fraction of sp³-hybridized carbons (Fsp3) is 0.375. The van der Waals surface area contributed by atoms with Gasteiger partial charge in [0.25, 0.3) is 0 Å². The minimum atomic E-state index is 0. The second-order valence-electron chi connectivity index (χ2n) is 4.96. The number of phenols is 1. The SMILES string of the molecule is CCNC(=NCc1ccc(O)cc1)NCc1nc(C)c(C)s1.I. The number of benzene rings is 1. The van der Waals surface area contributed by atoms with E-state index in [2.05, 4.69) is 27.5 Å². The van der Waals surface area contributed by atoms with Crippen LogP contribution in [0.3, 0.4) is 0 Å². The van der Waals surface area contributed by atoms with Crippen molar-refractivity contribution >= 4 is 41.3 Å². The zero-order chi connectivity index (χ0) is 15.9. The van der Waals surface area contributed by atoms with Crippen LogP contribution in [0.25, 0.3) is 0 Å². The number of halogens is 1. The van der Waals surface area contributed by atoms with Gasteiger partial charge in [-0.2, -0.15) is 0 Å². The third-order valence-electron chi connectivity index (χ3n) is 3.18. The zero-order valence-corrected chi connectivity index (χ0v) is 16.7. The predicted octanol–water partition coefficient (Wildman–Crippen LogP) is 3.34. The number of hydrogen-bond acceptors (Lipinski definition) is 4. The van der Waals surface area contributed by atoms with Gasteiger partial charge in [0, 0.05) is 11.4 Å². The van der Waals surface area contributed by atoms with Crippen LogP contribution >= 0.6 is 35.3 Å². The van der Waals surface area contributed by atoms with Gasteiger partial charge in [0.15, 0.2) is 5.96 Å². The van der Waals surface area contributed by atoms with Gasteiger partial charge in [-0.05, 0) is 38.5 Å². The molecule has 0 fully saturated rings. The van der Waals surface area contributed by atoms with E-state index in [9.17, 15) is 5.11 Å². The molecule has 7 heteroatoms. The normalized spacial score (nSPS) is 11.0. The van der Waals surface area contributed by atoms with E-state index in [1.165, 1.54) is 4.88 Å². The number of aromatic hydroxyl groups is 1. The quantitative estimate of drug-likeness (QED) is 0.375. The van der Waals surface area contributed by atoms with Gasteiger partial charge in [0.05, 0.1) is 18.8 Å². The molecule has 0 unspecified atom stereocenters. The van der Waals surface area contributed by atoms with E-state index in [1.807, 2.05) is 26.0 Å². The maximum atomic E-state index is 9.29. The van der Waals surface area contributed by atoms with Crippen molar-refractivity contribution in [2.75, 3.05) is 6.54 Å². The Bertz CT molecular complexity index is 621. The third kappa shape index (κ3) is 6.34. The molecule has 0 aliphatic heterocycles. The molecule has 2 rings (SSSR count). The summed E-state index contributed by atoms with van der Waals surface area (Å²) in [6.45, 7) is 8.18. The van der Waals surface area contributed by atoms with Crippen LogP contribution in [0.15, 0.2) is 29.3 Å². The Balaban J connectivity index is 0.00000264. The molecule has 0 bridgehead atoms. The number of rotatable bonds is 5. The van der Waals surface area contributed by atoms with Crippen molar-refractivity contribution in [3.8, 4) is 5.75 Å². The van der Waals surface area contributed by atoms with E-state index in [-0.39, 0.29) is 29.7 Å². The van der Waals surface area contributed by atoms with Crippen LogP contribution < -0.4 is 10.6 Å². The summed E-state index contributed by atoms with van der Waals surface area (Å²) in [6, 6.07) is 7.09. The Hall–Kier alpha value is -1.35. The molecule has 0 saturated carbocycles. The summed E-state index contributed by atoms with van der Waals surface area (Å²) in [7, 11) is 0. The Morgan fingerprint density at radius 1 is 1.22 bits per heavy atom. The molecule has 126 valence electrons. The fourth-order valence-corrected chi connectivity index (χ4v) is 2.76. The van der Waals surface area contributed by atoms with E-state index in [0.29, 0.717) is 13.1 Å². The molecule has 0 amide bonds. The van der Waals surface area contributed by atoms with Crippen LogP contribution in [-0.4, -0.2) is 22.6 Å². The number of aliphatic imine (C=N–C) groups is 1. The monoisotopic (exact) mass is 446 g/mol. The molecule has 3 N–H and O–H groups in total. The zero-order valence-electron chi connectivity index (χ0n) is 13.6. The lowest BCUT2D eigenvalue weighted by molar-refractivity contribution is 0.475. The summed E-state index contributed by atoms with van der Waals surface area (Å²) >= 11 is 1.71. The van der Waals surface area contributed by atoms with Crippen molar-refractivity contribution in [3.05, 3.63) is 45.4 Å². The first-order chi connectivity index (χ1) is 10.6. The number of aromatic nitrogens is 1. The van der Waals surface area contributed by atoms with Gasteiger partial charge in [-0.3, -0.25) is 0 Å². The van der Waals surface area contributed by atoms with Crippen LogP contribution in [0.5, 0.6) is 5.75 Å². The maximum Gasteiger partial charge on any atom is 0.191 e. The van der Waals surface area contributed by atoms with Crippen molar-refractivity contribution in [2.45, 2.75) is 33.9 Å². The first-order valence-corrected chi connectivity index (χ1v) is 8.13. The molecular formula is C16H23IN4OS. The molecule has 23 heavy (non-hydrogen) atoms. The molecule has 0 atom stereocenters. The minimum Gasteiger partial charge on any atom is -0.508 e. The van der Waals surface area contributed by atoms with Crippen molar-refractivity contribution in [1.82, 2.24) is 15.6 Å². The molecule has 1 heterocycles. The molecule has 0 spiro atoms. The molecule has 0 aliphatic carbocycles. The van der Waals surface area contributed by atoms with Crippen LogP contribution in [0.2, 0.25) is 0 Å². The van der Waals surface area contributed by atoms with E-state index < -0.39 is 0 Å². The van der Waals surface area contributed by atoms with Crippen LogP contribution in [0, 0.1) is 13.8 Å². The highest BCUT2D eigenvalue weighted by Crippen LogP contribution is 2.16. The molecular weight excluding hydrogens is 423 g/mol. The molecule has 2 aromatic rings. The highest BCUT2D eigenvalue weighted by atomic mass is 127. The summed E-state index contributed by atoms with van der Waals surface area (Å²) in [6.07, 6.45) is 0. The van der Waals surface area contributed by atoms with Crippen molar-refractivity contribution in [3.63, 3.8) is 0 Å². The molecule has 0 radical (unpaired) electrons. The number of phenolic OH excluding ortho intramolecular Hbond substituents is 1. The third-order valence-corrected chi connectivity index (χ3v) is 4.25. The Morgan fingerprint density at radius 3 is 2.48 bits per heavy atom. The summed E-state index contributed by atoms with van der Waals surface area (Å²) in [5.41, 5.74) is 2.14. The average molecular weight is 446 g/mol. The number of nitrogens with zero attached hydrogens (tertiary/aromatic N) is 2. The summed E-state index contributed by atoms with van der Waals surface area (Å²) in [5.74, 6) is 1.04. The number of aryl methyl sites for hydroxylation is 2. The predicted molar refractivity (Wildman–Crippen MR) is 107 cm³/mol. The van der Waals surface area contributed by atoms with Gasteiger partial charge in [-0.1, -0.05) is 12.1 Å². The lowest BCUT2D eigenvalue weighted by Gasteiger charge is -2.10. The van der Waals surface area contributed by atoms with Crippen LogP contribution in [0.1, 0.15) is 28.1 Å². The van der Waals surface area contributed by atoms with Crippen molar-refractivity contribution < 1.29 is 5.11 Å². The largest absolute Gasteiger partial charge is 0.508 e. The topological polar surface area (TPSA) is 69.5 Å². The Kier molecular flexibility index (Phi) is 8.32. The van der Waals surface area contributed by atoms with Crippen molar-refractivity contribution in [1.29, 1.82) is 0 Å². The van der Waals surface area contributed by atoms with Crippen LogP contribution in [0.4, 0.5) is 0 Å². The fourth-order valence-electron chi connectivity index (χ4n) is 1.89. The van der Waals surface area contributed by atoms with Gasteiger partial charge in [0.2, 0.25) is 0 Å². The molecule has 5 nitrogen and oxygen atoms in total. The highest BCUT2D eigenvalue weighted by molar-refractivity contribution is 14.0. The second-order valence-corrected chi connectivity index (χ2v) is 6.25. The minimum absolute atomic E-state index is 0. The summed E-state index contributed by atoms with van der Waals surface area (Å²) in [5, 5.41) is 16.9. The van der Waals surface area contributed by atoms with Gasteiger partial charge in [-0.25, -0.2) is 9.98 Å². The van der Waals surface area contributed by atoms with Gasteiger partial charge in [0.1, 0.15) is 10.8 Å². The smallest absolute Gasteiger partial charge is 0.191 e. The van der Waals surface area contributed by atoms with Gasteiger partial charge < -0.3 is 15.7 Å². The first-order valence-electron chi connectivity index (χ1n) is 7.31. The number of nitrogens with one attached hydrogen (secondary N) is 2. The summed E-state index contributed by atoms with van der Waals surface area (Å²) < 4.78 is 0. The summed E-state index contributed by atoms with van der Waals surface area (Å²) in [4.78, 5) is 10.3. The molecule has 1 aromatic heterocycles. The number of thiazole rings is 1. The Morgan fingerprint density at radius 2 is 1.91 bits per heavy atom. The van der Waals surface area contributed by atoms with Gasteiger partial charge in [-0.15, -0.1) is 35.3 Å².